The molecule has 0 amide bonds. The van der Waals surface area contributed by atoms with Crippen molar-refractivity contribution in [1.82, 2.24) is 20.2 Å². The van der Waals surface area contributed by atoms with Gasteiger partial charge in [-0.2, -0.15) is 0 Å². The molecule has 4 fully saturated rings. The summed E-state index contributed by atoms with van der Waals surface area (Å²) in [4.78, 5) is 38.6. The zero-order valence-corrected chi connectivity index (χ0v) is 48.2. The number of nitrogens with zero attached hydrogens (tertiary/aromatic N) is 5. The van der Waals surface area contributed by atoms with Gasteiger partial charge in [-0.15, -0.1) is 12.4 Å². The minimum atomic E-state index is -0.444. The first-order valence-electron chi connectivity index (χ1n) is 25.2. The quantitative estimate of drug-likeness (QED) is 0.0712. The molecule has 0 saturated carbocycles. The predicted molar refractivity (Wildman–Crippen MR) is 294 cm³/mol. The number of ether oxygens (including phenoxy) is 4. The van der Waals surface area contributed by atoms with Gasteiger partial charge in [0, 0.05) is 64.8 Å². The van der Waals surface area contributed by atoms with Crippen LogP contribution in [0.4, 0.5) is 11.6 Å². The lowest BCUT2D eigenvalue weighted by atomic mass is 9.90. The van der Waals surface area contributed by atoms with Crippen molar-refractivity contribution in [2.45, 2.75) is 143 Å². The molecule has 6 heterocycles. The van der Waals surface area contributed by atoms with Crippen molar-refractivity contribution < 1.29 is 47.2 Å². The molecule has 0 unspecified atom stereocenters. The van der Waals surface area contributed by atoms with Crippen LogP contribution in [0, 0.1) is 0 Å². The molecule has 16 nitrogen and oxygen atoms in total. The molecule has 404 valence electrons. The highest BCUT2D eigenvalue weighted by molar-refractivity contribution is 9.09. The first-order valence-corrected chi connectivity index (χ1v) is 26.3. The average Bonchev–Trinajstić information content (AvgIpc) is 3.63. The molecule has 4 aliphatic rings. The molecular weight excluding hydrogens is 1010 g/mol. The molecule has 2 aromatic rings. The molecule has 20 heteroatoms. The molecule has 0 aromatic carbocycles. The van der Waals surface area contributed by atoms with Gasteiger partial charge in [-0.1, -0.05) is 52.2 Å². The Morgan fingerprint density at radius 2 is 1.03 bits per heavy atom. The van der Waals surface area contributed by atoms with Crippen LogP contribution in [0.15, 0.2) is 60.8 Å². The molecule has 1 N–H and O–H groups in total. The number of hydrogen-bond donors (Lipinski definition) is 1. The Morgan fingerprint density at radius 3 is 1.38 bits per heavy atom. The monoisotopic (exact) mass is 1090 g/mol. The van der Waals surface area contributed by atoms with E-state index in [1.165, 1.54) is 5.56 Å². The maximum Gasteiger partial charge on any atom is 0.486 e. The van der Waals surface area contributed by atoms with E-state index in [9.17, 15) is 9.59 Å². The van der Waals surface area contributed by atoms with E-state index in [4.69, 9.17) is 37.6 Å². The van der Waals surface area contributed by atoms with Crippen LogP contribution in [-0.2, 0) is 60.0 Å². The van der Waals surface area contributed by atoms with Crippen LogP contribution in [0.5, 0.6) is 0 Å². The second-order valence-electron chi connectivity index (χ2n) is 22.1. The van der Waals surface area contributed by atoms with Gasteiger partial charge in [0.1, 0.15) is 28.2 Å². The van der Waals surface area contributed by atoms with Crippen molar-refractivity contribution in [3.05, 3.63) is 71.9 Å². The minimum absolute atomic E-state index is 0. The zero-order chi connectivity index (χ0) is 52.5. The smallest absolute Gasteiger partial charge is 0.459 e. The summed E-state index contributed by atoms with van der Waals surface area (Å²) in [6, 6.07) is 8.43. The SMILES string of the molecule is CC(C)(C)OC(=O)CBr.CC(C)(C)OC(=O)CN1CCN(c2ccc(CCOC/C=C/B3OC(C)(C)C(C)(C)O3)cn2)CC1.CC1(C)OB(/C=C/COCCc2ccc(N3CCNCC3)nc2)OC1(C)C.Cl. The number of pyridine rings is 2. The number of alkyl halides is 1. The van der Waals surface area contributed by atoms with Gasteiger partial charge in [0.25, 0.3) is 0 Å². The van der Waals surface area contributed by atoms with Crippen molar-refractivity contribution in [2.75, 3.05) is 100 Å². The molecule has 6 rings (SSSR count). The van der Waals surface area contributed by atoms with E-state index in [0.29, 0.717) is 33.0 Å². The lowest BCUT2D eigenvalue weighted by molar-refractivity contribution is -0.156. The molecule has 0 bridgehead atoms. The Balaban J connectivity index is 0.000000328. The predicted octanol–water partition coefficient (Wildman–Crippen LogP) is 7.67. The summed E-state index contributed by atoms with van der Waals surface area (Å²) in [5.41, 5.74) is 0.298. The summed E-state index contributed by atoms with van der Waals surface area (Å²) in [7, 11) is -0.639. The van der Waals surface area contributed by atoms with E-state index < -0.39 is 5.60 Å². The average molecular weight is 1090 g/mol. The van der Waals surface area contributed by atoms with E-state index in [1.54, 1.807) is 0 Å². The third-order valence-electron chi connectivity index (χ3n) is 12.7. The van der Waals surface area contributed by atoms with Crippen LogP contribution in [0.2, 0.25) is 0 Å². The number of halogens is 2. The van der Waals surface area contributed by atoms with Crippen molar-refractivity contribution in [1.29, 1.82) is 0 Å². The summed E-state index contributed by atoms with van der Waals surface area (Å²) in [6.07, 6.45) is 9.47. The highest BCUT2D eigenvalue weighted by Gasteiger charge is 2.51. The number of rotatable bonds is 17. The molecule has 4 aliphatic heterocycles. The minimum Gasteiger partial charge on any atom is -0.459 e. The van der Waals surface area contributed by atoms with Gasteiger partial charge in [-0.05, 0) is 133 Å². The Kier molecular flexibility index (Phi) is 25.2. The first kappa shape index (κ1) is 63.2. The maximum atomic E-state index is 12.1. The molecule has 4 saturated heterocycles. The number of carbonyl (C=O) groups is 2. The van der Waals surface area contributed by atoms with Crippen LogP contribution < -0.4 is 15.1 Å². The van der Waals surface area contributed by atoms with Gasteiger partial charge < -0.3 is 52.7 Å². The molecule has 0 radical (unpaired) electrons. The van der Waals surface area contributed by atoms with Crippen molar-refractivity contribution in [2.24, 2.45) is 0 Å². The summed E-state index contributed by atoms with van der Waals surface area (Å²) >= 11 is 2.99. The zero-order valence-electron chi connectivity index (χ0n) is 45.8. The fourth-order valence-electron chi connectivity index (χ4n) is 7.41. The molecule has 0 spiro atoms. The van der Waals surface area contributed by atoms with Crippen molar-refractivity contribution >= 4 is 66.1 Å². The van der Waals surface area contributed by atoms with Crippen LogP contribution in [0.25, 0.3) is 0 Å². The van der Waals surface area contributed by atoms with E-state index in [0.717, 1.165) is 82.4 Å². The fraction of sp³-hybridized carbons (Fsp3) is 0.692. The summed E-state index contributed by atoms with van der Waals surface area (Å²) in [5, 5.41) is 3.63. The number of hydrogen-bond acceptors (Lipinski definition) is 16. The molecule has 0 aliphatic carbocycles. The Bertz CT molecular complexity index is 1960. The number of esters is 2. The maximum absolute atomic E-state index is 12.1. The molecular formula is C52H86B2BrClN6O10. The van der Waals surface area contributed by atoms with Gasteiger partial charge in [0.2, 0.25) is 0 Å². The Hall–Kier alpha value is -3.10. The molecule has 72 heavy (non-hydrogen) atoms. The lowest BCUT2D eigenvalue weighted by Gasteiger charge is -2.35. The van der Waals surface area contributed by atoms with E-state index in [2.05, 4.69) is 97.9 Å². The van der Waals surface area contributed by atoms with Crippen molar-refractivity contribution in [3.8, 4) is 0 Å². The van der Waals surface area contributed by atoms with Gasteiger partial charge in [0.05, 0.1) is 55.4 Å². The van der Waals surface area contributed by atoms with Gasteiger partial charge in [-0.3, -0.25) is 14.5 Å². The van der Waals surface area contributed by atoms with Crippen molar-refractivity contribution in [3.63, 3.8) is 0 Å². The number of carbonyl (C=O) groups excluding carboxylic acids is 2. The third-order valence-corrected chi connectivity index (χ3v) is 13.1. The summed E-state index contributed by atoms with van der Waals surface area (Å²) < 4.78 is 45.5. The number of aromatic nitrogens is 2. The van der Waals surface area contributed by atoms with Gasteiger partial charge >= 0.3 is 26.2 Å². The highest BCUT2D eigenvalue weighted by Crippen LogP contribution is 2.38. The molecule has 0 atom stereocenters. The third kappa shape index (κ3) is 22.0. The van der Waals surface area contributed by atoms with Gasteiger partial charge in [0.15, 0.2) is 0 Å². The van der Waals surface area contributed by atoms with Gasteiger partial charge in [-0.25, -0.2) is 9.97 Å². The van der Waals surface area contributed by atoms with Crippen LogP contribution in [-0.4, -0.2) is 165 Å². The second kappa shape index (κ2) is 28.7. The number of piperazine rings is 2. The highest BCUT2D eigenvalue weighted by atomic mass is 79.9. The van der Waals surface area contributed by atoms with Crippen LogP contribution in [0.1, 0.15) is 108 Å². The summed E-state index contributed by atoms with van der Waals surface area (Å²) in [6.45, 7) is 37.7. The molecule has 2 aromatic heterocycles. The Morgan fingerprint density at radius 1 is 0.639 bits per heavy atom. The second-order valence-corrected chi connectivity index (χ2v) is 22.7. The fourth-order valence-corrected chi connectivity index (χ4v) is 7.52. The van der Waals surface area contributed by atoms with Crippen LogP contribution in [0.3, 0.4) is 0 Å². The Labute approximate surface area is 447 Å². The normalized spacial score (nSPS) is 19.6. The van der Waals surface area contributed by atoms with Crippen LogP contribution >= 0.6 is 28.3 Å². The standard InChI is InChI=1S/C26H42BN3O5.C20H32BN3O3.C6H11BrO2.ClH/c1-24(2,3)33-23(31)20-29-13-15-30(16-14-29)22-10-9-21(19-28-22)11-18-32-17-8-12-27-34-25(4,5)26(6,7)35-27;1-19(2)20(3,4)27-21(26-19)9-5-14-25-15-8-17-6-7-18(23-16-17)24-12-10-22-11-13-24;1-6(2,3)9-5(8)4-7;/h8-10,12,19H,11,13-18,20H2,1-7H3;5-7,9,16,22H,8,10-15H2,1-4H3;4H2,1-3H3;1H/b12-8+;9-5+;;. The van der Waals surface area contributed by atoms with E-state index in [1.807, 2.05) is 106 Å². The van der Waals surface area contributed by atoms with E-state index >= 15 is 0 Å². The summed E-state index contributed by atoms with van der Waals surface area (Å²) in [5.74, 6) is 5.49. The lowest BCUT2D eigenvalue weighted by Crippen LogP contribution is -2.48. The first-order chi connectivity index (χ1) is 33.2. The topological polar surface area (TPSA) is 156 Å². The number of anilines is 2. The van der Waals surface area contributed by atoms with E-state index in [-0.39, 0.29) is 71.9 Å². The largest absolute Gasteiger partial charge is 0.486 e. The number of nitrogens with one attached hydrogen (secondary N) is 1.